The van der Waals surface area contributed by atoms with E-state index in [0.29, 0.717) is 32.5 Å². The fraction of sp³-hybridized carbons (Fsp3) is 1.00. The third-order valence-electron chi connectivity index (χ3n) is 6.24. The molecule has 0 saturated heterocycles. The van der Waals surface area contributed by atoms with Crippen molar-refractivity contribution in [2.75, 3.05) is 46.2 Å². The minimum Gasteiger partial charge on any atom is -0.394 e. The molecule has 10 heteroatoms. The number of aliphatic hydroxyl groups excluding tert-OH is 2. The Morgan fingerprint density at radius 3 is 1.81 bits per heavy atom. The van der Waals surface area contributed by atoms with E-state index in [2.05, 4.69) is 6.92 Å². The van der Waals surface area contributed by atoms with Gasteiger partial charge in [0.25, 0.3) is 0 Å². The molecule has 0 aliphatic rings. The first-order valence-corrected chi connectivity index (χ1v) is 16.2. The topological polar surface area (TPSA) is 141 Å². The van der Waals surface area contributed by atoms with E-state index < -0.39 is 20.0 Å². The van der Waals surface area contributed by atoms with Crippen LogP contribution in [0.1, 0.15) is 116 Å². The number of ether oxygens (including phenoxy) is 2. The summed E-state index contributed by atoms with van der Waals surface area (Å²) in [5.74, 6) is 0. The van der Waals surface area contributed by atoms with Crippen molar-refractivity contribution in [1.29, 1.82) is 0 Å². The number of aliphatic hydroxyl groups is 2. The highest BCUT2D eigenvalue weighted by Crippen LogP contribution is 2.43. The van der Waals surface area contributed by atoms with Gasteiger partial charge in [-0.15, -0.1) is 0 Å². The van der Waals surface area contributed by atoms with Gasteiger partial charge in [-0.25, -0.2) is 4.57 Å². The highest BCUT2D eigenvalue weighted by atomic mass is 31.2. The van der Waals surface area contributed by atoms with Crippen LogP contribution in [0.3, 0.4) is 0 Å². The van der Waals surface area contributed by atoms with E-state index in [-0.39, 0.29) is 33.0 Å². The molecule has 0 aromatic carbocycles. The second-order valence-corrected chi connectivity index (χ2v) is 11.3. The van der Waals surface area contributed by atoms with Gasteiger partial charge >= 0.3 is 7.82 Å². The summed E-state index contributed by atoms with van der Waals surface area (Å²) < 4.78 is 33.2. The highest BCUT2D eigenvalue weighted by Gasteiger charge is 2.23. The lowest BCUT2D eigenvalue weighted by molar-refractivity contribution is -0.0448. The Bertz CT molecular complexity index is 515. The summed E-state index contributed by atoms with van der Waals surface area (Å²) in [6.45, 7) is 3.20. The van der Waals surface area contributed by atoms with Gasteiger partial charge in [0.1, 0.15) is 6.10 Å². The number of phosphoric acid groups is 1. The summed E-state index contributed by atoms with van der Waals surface area (Å²) in [7, 11) is -4.18. The smallest absolute Gasteiger partial charge is 0.394 e. The quantitative estimate of drug-likeness (QED) is 0.0669. The van der Waals surface area contributed by atoms with Gasteiger partial charge in [-0.2, -0.15) is 0 Å². The first-order valence-electron chi connectivity index (χ1n) is 14.7. The van der Waals surface area contributed by atoms with Crippen molar-refractivity contribution >= 4 is 7.82 Å². The van der Waals surface area contributed by atoms with Gasteiger partial charge < -0.3 is 30.3 Å². The molecule has 0 heterocycles. The monoisotopic (exact) mass is 555 g/mol. The molecule has 0 fully saturated rings. The van der Waals surface area contributed by atoms with Crippen LogP contribution in [0.4, 0.5) is 0 Å². The maximum absolute atomic E-state index is 11.9. The summed E-state index contributed by atoms with van der Waals surface area (Å²) in [5, 5.41) is 18.3. The molecule has 0 radical (unpaired) electrons. The van der Waals surface area contributed by atoms with Crippen molar-refractivity contribution in [2.45, 2.75) is 128 Å². The van der Waals surface area contributed by atoms with Crippen LogP contribution >= 0.6 is 7.82 Å². The zero-order valence-corrected chi connectivity index (χ0v) is 24.4. The zero-order valence-electron chi connectivity index (χ0n) is 23.5. The van der Waals surface area contributed by atoms with Crippen LogP contribution in [-0.2, 0) is 23.1 Å². The molecule has 3 atom stereocenters. The van der Waals surface area contributed by atoms with Gasteiger partial charge in [0.2, 0.25) is 0 Å². The third kappa shape index (κ3) is 27.3. The number of hydrogen-bond acceptors (Lipinski definition) is 8. The first kappa shape index (κ1) is 36.9. The number of phosphoric ester groups is 1. The van der Waals surface area contributed by atoms with E-state index in [1.165, 1.54) is 77.0 Å². The molecule has 0 aromatic heterocycles. The highest BCUT2D eigenvalue weighted by molar-refractivity contribution is 7.47. The molecule has 0 aliphatic heterocycles. The summed E-state index contributed by atoms with van der Waals surface area (Å²) in [6, 6.07) is 0. The van der Waals surface area contributed by atoms with Gasteiger partial charge in [0.15, 0.2) is 0 Å². The van der Waals surface area contributed by atoms with Crippen molar-refractivity contribution in [3.8, 4) is 0 Å². The maximum Gasteiger partial charge on any atom is 0.472 e. The van der Waals surface area contributed by atoms with Crippen LogP contribution in [0.25, 0.3) is 0 Å². The molecule has 3 unspecified atom stereocenters. The largest absolute Gasteiger partial charge is 0.472 e. The molecule has 9 nitrogen and oxygen atoms in total. The van der Waals surface area contributed by atoms with Crippen molar-refractivity contribution in [3.63, 3.8) is 0 Å². The SMILES string of the molecule is CCCCCCCCCCCCCCCCOCC(COP(=O)(O)OCCN)OCCCCC(O)CO. The molecule has 0 bridgehead atoms. The third-order valence-corrected chi connectivity index (χ3v) is 7.22. The predicted molar refractivity (Wildman–Crippen MR) is 149 cm³/mol. The number of unbranched alkanes of at least 4 members (excludes halogenated alkanes) is 14. The number of hydrogen-bond donors (Lipinski definition) is 4. The van der Waals surface area contributed by atoms with Crippen LogP contribution in [0.15, 0.2) is 0 Å². The summed E-state index contributed by atoms with van der Waals surface area (Å²) in [5.41, 5.74) is 5.30. The summed E-state index contributed by atoms with van der Waals surface area (Å²) in [4.78, 5) is 9.71. The Labute approximate surface area is 226 Å². The molecule has 37 heavy (non-hydrogen) atoms. The fourth-order valence-electron chi connectivity index (χ4n) is 3.96. The predicted octanol–water partition coefficient (Wildman–Crippen LogP) is 5.49. The Morgan fingerprint density at radius 1 is 0.730 bits per heavy atom. The zero-order chi connectivity index (χ0) is 27.5. The van der Waals surface area contributed by atoms with E-state index in [1.54, 1.807) is 0 Å². The van der Waals surface area contributed by atoms with E-state index in [0.717, 1.165) is 12.8 Å². The summed E-state index contributed by atoms with van der Waals surface area (Å²) >= 11 is 0. The molecule has 0 aromatic rings. The molecule has 224 valence electrons. The summed E-state index contributed by atoms with van der Waals surface area (Å²) in [6.07, 6.45) is 18.9. The fourth-order valence-corrected chi connectivity index (χ4v) is 4.73. The first-order chi connectivity index (χ1) is 17.9. The number of rotatable bonds is 30. The lowest BCUT2D eigenvalue weighted by Crippen LogP contribution is -2.26. The molecule has 5 N–H and O–H groups in total. The molecule has 0 saturated carbocycles. The van der Waals surface area contributed by atoms with Crippen LogP contribution in [0.2, 0.25) is 0 Å². The van der Waals surface area contributed by atoms with Crippen molar-refractivity contribution in [2.24, 2.45) is 5.73 Å². The Balaban J connectivity index is 3.89. The van der Waals surface area contributed by atoms with Gasteiger partial charge in [-0.3, -0.25) is 9.05 Å². The molecular weight excluding hydrogens is 497 g/mol. The van der Waals surface area contributed by atoms with E-state index in [1.807, 2.05) is 0 Å². The molecule has 0 aliphatic carbocycles. The molecule has 0 spiro atoms. The van der Waals surface area contributed by atoms with Crippen LogP contribution < -0.4 is 5.73 Å². The Hall–Kier alpha value is -0.0900. The normalized spacial score (nSPS) is 15.1. The van der Waals surface area contributed by atoms with Gasteiger partial charge in [0.05, 0.1) is 32.5 Å². The number of nitrogens with two attached hydrogens (primary N) is 1. The van der Waals surface area contributed by atoms with Crippen LogP contribution in [0.5, 0.6) is 0 Å². The molecular formula is C27H58NO8P. The molecule has 0 rings (SSSR count). The molecule has 0 amide bonds. The Kier molecular flexibility index (Phi) is 27.4. The van der Waals surface area contributed by atoms with Gasteiger partial charge in [0, 0.05) is 19.8 Å². The lowest BCUT2D eigenvalue weighted by Gasteiger charge is -2.20. The van der Waals surface area contributed by atoms with E-state index in [4.69, 9.17) is 29.4 Å². The second kappa shape index (κ2) is 27.5. The van der Waals surface area contributed by atoms with Crippen LogP contribution in [-0.4, -0.2) is 73.5 Å². The van der Waals surface area contributed by atoms with Crippen molar-refractivity contribution in [3.05, 3.63) is 0 Å². The average Bonchev–Trinajstić information content (AvgIpc) is 2.89. The Morgan fingerprint density at radius 2 is 1.27 bits per heavy atom. The van der Waals surface area contributed by atoms with E-state index >= 15 is 0 Å². The maximum atomic E-state index is 11.9. The minimum atomic E-state index is -4.18. The second-order valence-electron chi connectivity index (χ2n) is 9.88. The standard InChI is InChI=1S/C27H58NO8P/c1-2-3-4-5-6-7-8-9-10-11-12-13-14-16-20-33-24-27(25-36-37(31,32)35-22-19-28)34-21-17-15-18-26(30)23-29/h26-27,29-30H,2-25,28H2,1H3,(H,31,32). The van der Waals surface area contributed by atoms with Crippen LogP contribution in [0, 0.1) is 0 Å². The minimum absolute atomic E-state index is 0.0674. The average molecular weight is 556 g/mol. The van der Waals surface area contributed by atoms with Gasteiger partial charge in [-0.05, 0) is 25.7 Å². The lowest BCUT2D eigenvalue weighted by atomic mass is 10.0. The van der Waals surface area contributed by atoms with Crippen molar-refractivity contribution < 1.29 is 38.2 Å². The van der Waals surface area contributed by atoms with Gasteiger partial charge in [-0.1, -0.05) is 90.4 Å². The van der Waals surface area contributed by atoms with Crippen molar-refractivity contribution in [1.82, 2.24) is 0 Å². The van der Waals surface area contributed by atoms with E-state index in [9.17, 15) is 14.6 Å².